The van der Waals surface area contributed by atoms with E-state index in [2.05, 4.69) is 38.2 Å². The second-order valence-corrected chi connectivity index (χ2v) is 5.40. The summed E-state index contributed by atoms with van der Waals surface area (Å²) in [5, 5.41) is 13.3. The molecule has 0 aliphatic rings. The second-order valence-electron chi connectivity index (χ2n) is 5.40. The van der Waals surface area contributed by atoms with Crippen molar-refractivity contribution in [3.8, 4) is 0 Å². The van der Waals surface area contributed by atoms with Crippen LogP contribution in [0, 0.1) is 10.1 Å². The Balaban J connectivity index is 2.63. The Labute approximate surface area is 108 Å². The number of allylic oxidation sites excluding steroid dienone is 1. The third-order valence-corrected chi connectivity index (χ3v) is 2.69. The molecule has 18 heavy (non-hydrogen) atoms. The lowest BCUT2D eigenvalue weighted by Gasteiger charge is -2.19. The molecule has 0 radical (unpaired) electrons. The van der Waals surface area contributed by atoms with E-state index in [0.29, 0.717) is 12.2 Å². The predicted molar refractivity (Wildman–Crippen MR) is 72.7 cm³/mol. The predicted octanol–water partition coefficient (Wildman–Crippen LogP) is 3.21. The summed E-state index contributed by atoms with van der Waals surface area (Å²) >= 11 is 0. The van der Waals surface area contributed by atoms with Crippen LogP contribution in [-0.2, 0) is 12.0 Å². The Morgan fingerprint density at radius 2 is 1.89 bits per heavy atom. The van der Waals surface area contributed by atoms with E-state index < -0.39 is 4.92 Å². The zero-order valence-electron chi connectivity index (χ0n) is 11.4. The van der Waals surface area contributed by atoms with E-state index in [1.807, 2.05) is 12.1 Å². The van der Waals surface area contributed by atoms with Gasteiger partial charge in [0.2, 0.25) is 0 Å². The summed E-state index contributed by atoms with van der Waals surface area (Å²) in [6, 6.07) is 8.30. The van der Waals surface area contributed by atoms with Crippen LogP contribution < -0.4 is 5.32 Å². The molecule has 0 saturated carbocycles. The number of nitrogens with one attached hydrogen (secondary N) is 1. The molecule has 4 heteroatoms. The van der Waals surface area contributed by atoms with Gasteiger partial charge < -0.3 is 5.32 Å². The molecule has 0 aliphatic heterocycles. The Morgan fingerprint density at radius 1 is 1.33 bits per heavy atom. The van der Waals surface area contributed by atoms with Gasteiger partial charge in [-0.05, 0) is 23.5 Å². The highest BCUT2D eigenvalue weighted by Crippen LogP contribution is 2.22. The summed E-state index contributed by atoms with van der Waals surface area (Å²) in [6.07, 6.45) is 0.976. The summed E-state index contributed by atoms with van der Waals surface area (Å²) in [7, 11) is 0. The highest BCUT2D eigenvalue weighted by atomic mass is 16.6. The van der Waals surface area contributed by atoms with E-state index in [9.17, 15) is 10.1 Å². The summed E-state index contributed by atoms with van der Waals surface area (Å²) in [5.41, 5.74) is 3.09. The van der Waals surface area contributed by atoms with E-state index in [0.717, 1.165) is 11.8 Å². The van der Waals surface area contributed by atoms with E-state index in [4.69, 9.17) is 0 Å². The topological polar surface area (TPSA) is 55.2 Å². The van der Waals surface area contributed by atoms with Crippen LogP contribution in [0.1, 0.15) is 38.8 Å². The second kappa shape index (κ2) is 5.67. The van der Waals surface area contributed by atoms with Gasteiger partial charge >= 0.3 is 0 Å². The molecule has 0 heterocycles. The number of benzene rings is 1. The monoisotopic (exact) mass is 248 g/mol. The first-order valence-electron chi connectivity index (χ1n) is 5.94. The highest BCUT2D eigenvalue weighted by Gasteiger charge is 2.12. The Morgan fingerprint density at radius 3 is 2.33 bits per heavy atom. The van der Waals surface area contributed by atoms with Crippen LogP contribution in [0.2, 0.25) is 0 Å². The van der Waals surface area contributed by atoms with Gasteiger partial charge in [0.1, 0.15) is 0 Å². The fourth-order valence-corrected chi connectivity index (χ4v) is 1.57. The quantitative estimate of drug-likeness (QED) is 0.657. The van der Waals surface area contributed by atoms with Gasteiger partial charge in [0.25, 0.3) is 6.20 Å². The first kappa shape index (κ1) is 14.2. The lowest BCUT2D eigenvalue weighted by atomic mass is 9.87. The molecule has 0 unspecified atom stereocenters. The smallest absolute Gasteiger partial charge is 0.252 e. The zero-order chi connectivity index (χ0) is 13.8. The van der Waals surface area contributed by atoms with Crippen molar-refractivity contribution in [3.63, 3.8) is 0 Å². The molecule has 1 N–H and O–H groups in total. The van der Waals surface area contributed by atoms with Crippen molar-refractivity contribution in [2.24, 2.45) is 0 Å². The van der Waals surface area contributed by atoms with E-state index >= 15 is 0 Å². The molecule has 98 valence electrons. The molecule has 0 fully saturated rings. The van der Waals surface area contributed by atoms with Gasteiger partial charge in [-0.2, -0.15) is 0 Å². The molecule has 0 bridgehead atoms. The minimum Gasteiger partial charge on any atom is -0.380 e. The third kappa shape index (κ3) is 4.57. The fourth-order valence-electron chi connectivity index (χ4n) is 1.57. The SMILES string of the molecule is C/C(=C/[N+](=O)[O-])NCc1ccc(C(C)(C)C)cc1. The number of hydrogen-bond acceptors (Lipinski definition) is 3. The van der Waals surface area contributed by atoms with Crippen molar-refractivity contribution in [2.45, 2.75) is 39.7 Å². The molecule has 1 aromatic carbocycles. The van der Waals surface area contributed by atoms with Crippen LogP contribution in [0.25, 0.3) is 0 Å². The average molecular weight is 248 g/mol. The molecule has 1 rings (SSSR count). The van der Waals surface area contributed by atoms with Gasteiger partial charge in [0.15, 0.2) is 0 Å². The van der Waals surface area contributed by atoms with E-state index in [1.54, 1.807) is 6.92 Å². The van der Waals surface area contributed by atoms with Crippen molar-refractivity contribution in [1.82, 2.24) is 5.32 Å². The van der Waals surface area contributed by atoms with Crippen LogP contribution in [-0.4, -0.2) is 4.92 Å². The Bertz CT molecular complexity index is 442. The van der Waals surface area contributed by atoms with Gasteiger partial charge in [0, 0.05) is 6.54 Å². The maximum Gasteiger partial charge on any atom is 0.252 e. The lowest BCUT2D eigenvalue weighted by molar-refractivity contribution is -0.403. The average Bonchev–Trinajstić information content (AvgIpc) is 2.25. The molecule has 0 atom stereocenters. The van der Waals surface area contributed by atoms with Gasteiger partial charge in [-0.15, -0.1) is 0 Å². The largest absolute Gasteiger partial charge is 0.380 e. The molecule has 0 aliphatic carbocycles. The van der Waals surface area contributed by atoms with Crippen molar-refractivity contribution in [1.29, 1.82) is 0 Å². The molecule has 0 amide bonds. The van der Waals surface area contributed by atoms with Crippen LogP contribution in [0.4, 0.5) is 0 Å². The van der Waals surface area contributed by atoms with Crippen molar-refractivity contribution >= 4 is 0 Å². The highest BCUT2D eigenvalue weighted by molar-refractivity contribution is 5.27. The fraction of sp³-hybridized carbons (Fsp3) is 0.429. The molecule has 0 aromatic heterocycles. The third-order valence-electron chi connectivity index (χ3n) is 2.69. The standard InChI is InChI=1S/C14H20N2O2/c1-11(10-16(17)18)15-9-12-5-7-13(8-6-12)14(2,3)4/h5-8,10,15H,9H2,1-4H3/b11-10-. The maximum absolute atomic E-state index is 10.3. The first-order chi connectivity index (χ1) is 8.29. The number of nitro groups is 1. The lowest BCUT2D eigenvalue weighted by Crippen LogP contribution is -2.13. The molecule has 0 saturated heterocycles. The van der Waals surface area contributed by atoms with Crippen LogP contribution in [0.3, 0.4) is 0 Å². The molecular weight excluding hydrogens is 228 g/mol. The van der Waals surface area contributed by atoms with Gasteiger partial charge in [-0.1, -0.05) is 45.0 Å². The number of rotatable bonds is 4. The maximum atomic E-state index is 10.3. The van der Waals surface area contributed by atoms with Gasteiger partial charge in [-0.3, -0.25) is 10.1 Å². The number of hydrogen-bond donors (Lipinski definition) is 1. The minimum atomic E-state index is -0.453. The summed E-state index contributed by atoms with van der Waals surface area (Å²) in [4.78, 5) is 9.81. The van der Waals surface area contributed by atoms with Crippen molar-refractivity contribution in [3.05, 3.63) is 57.4 Å². The van der Waals surface area contributed by atoms with E-state index in [-0.39, 0.29) is 5.41 Å². The molecule has 1 aromatic rings. The Kier molecular flexibility index (Phi) is 4.48. The molecule has 0 spiro atoms. The van der Waals surface area contributed by atoms with Crippen LogP contribution in [0.5, 0.6) is 0 Å². The van der Waals surface area contributed by atoms with Crippen LogP contribution >= 0.6 is 0 Å². The molecular formula is C14H20N2O2. The summed E-state index contributed by atoms with van der Waals surface area (Å²) in [5.74, 6) is 0. The summed E-state index contributed by atoms with van der Waals surface area (Å²) < 4.78 is 0. The Hall–Kier alpha value is -1.84. The van der Waals surface area contributed by atoms with E-state index in [1.165, 1.54) is 5.56 Å². The van der Waals surface area contributed by atoms with Gasteiger partial charge in [-0.25, -0.2) is 0 Å². The first-order valence-corrected chi connectivity index (χ1v) is 5.94. The zero-order valence-corrected chi connectivity index (χ0v) is 11.4. The normalized spacial score (nSPS) is 12.3. The van der Waals surface area contributed by atoms with Gasteiger partial charge in [0.05, 0.1) is 10.6 Å². The summed E-state index contributed by atoms with van der Waals surface area (Å²) in [6.45, 7) is 8.80. The van der Waals surface area contributed by atoms with Crippen LogP contribution in [0.15, 0.2) is 36.2 Å². The van der Waals surface area contributed by atoms with Crippen molar-refractivity contribution < 1.29 is 4.92 Å². The van der Waals surface area contributed by atoms with Crippen molar-refractivity contribution in [2.75, 3.05) is 0 Å². The minimum absolute atomic E-state index is 0.146. The number of nitrogens with zero attached hydrogens (tertiary/aromatic N) is 1. The molecule has 4 nitrogen and oxygen atoms in total.